The normalized spacial score (nSPS) is 10.8. The number of hydrogen-bond acceptors (Lipinski definition) is 5. The first-order chi connectivity index (χ1) is 15.4. The molecular weight excluding hydrogens is 413 g/mol. The zero-order chi connectivity index (χ0) is 22.8. The Labute approximate surface area is 183 Å². The lowest BCUT2D eigenvalue weighted by molar-refractivity contribution is 0.100. The minimum atomic E-state index is -0.609. The lowest BCUT2D eigenvalue weighted by atomic mass is 10.0. The van der Waals surface area contributed by atoms with Crippen LogP contribution in [0.1, 0.15) is 32.0 Å². The molecule has 32 heavy (non-hydrogen) atoms. The molecule has 1 heterocycles. The largest absolute Gasteiger partial charge is 0.493 e. The predicted octanol–water partition coefficient (Wildman–Crippen LogP) is 5.38. The monoisotopic (exact) mass is 433 g/mol. The number of hydrogen-bond donors (Lipinski definition) is 1. The number of nitrogens with one attached hydrogen (secondary N) is 1. The number of rotatable bonds is 6. The molecule has 4 rings (SSSR count). The summed E-state index contributed by atoms with van der Waals surface area (Å²) in [6.45, 7) is 1.79. The molecule has 0 saturated heterocycles. The number of carbonyl (C=O) groups excluding carboxylic acids is 2. The first-order valence-corrected chi connectivity index (χ1v) is 9.78. The van der Waals surface area contributed by atoms with Crippen LogP contribution in [0, 0.1) is 12.7 Å². The number of anilines is 1. The van der Waals surface area contributed by atoms with Crippen molar-refractivity contribution in [2.45, 2.75) is 6.92 Å². The van der Waals surface area contributed by atoms with Crippen LogP contribution in [-0.2, 0) is 0 Å². The van der Waals surface area contributed by atoms with E-state index in [-0.39, 0.29) is 17.1 Å². The van der Waals surface area contributed by atoms with Crippen molar-refractivity contribution in [3.05, 3.63) is 88.9 Å². The van der Waals surface area contributed by atoms with Crippen molar-refractivity contribution in [2.24, 2.45) is 0 Å². The predicted molar refractivity (Wildman–Crippen MR) is 118 cm³/mol. The van der Waals surface area contributed by atoms with Crippen molar-refractivity contribution >= 4 is 28.3 Å². The van der Waals surface area contributed by atoms with E-state index in [1.807, 2.05) is 0 Å². The minimum absolute atomic E-state index is 0.0625. The van der Waals surface area contributed by atoms with Crippen LogP contribution < -0.4 is 14.8 Å². The Morgan fingerprint density at radius 3 is 2.41 bits per heavy atom. The number of aryl methyl sites for hydroxylation is 1. The average Bonchev–Trinajstić information content (AvgIpc) is 3.13. The molecule has 6 nitrogen and oxygen atoms in total. The molecule has 0 aliphatic carbocycles. The summed E-state index contributed by atoms with van der Waals surface area (Å²) in [5, 5.41) is 3.39. The maximum Gasteiger partial charge on any atom is 0.258 e. The fraction of sp³-hybridized carbons (Fsp3) is 0.120. The van der Waals surface area contributed by atoms with Crippen LogP contribution in [0.3, 0.4) is 0 Å². The molecule has 0 aliphatic heterocycles. The average molecular weight is 433 g/mol. The number of fused-ring (bicyclic) bond motifs is 1. The fourth-order valence-corrected chi connectivity index (χ4v) is 3.47. The van der Waals surface area contributed by atoms with Gasteiger partial charge in [0.15, 0.2) is 17.3 Å². The molecule has 162 valence electrons. The number of benzene rings is 3. The summed E-state index contributed by atoms with van der Waals surface area (Å²) in [7, 11) is 3.01. The molecule has 0 saturated carbocycles. The maximum atomic E-state index is 13.9. The second kappa shape index (κ2) is 8.55. The Bertz CT molecular complexity index is 1340. The van der Waals surface area contributed by atoms with Gasteiger partial charge in [-0.15, -0.1) is 0 Å². The van der Waals surface area contributed by atoms with E-state index in [1.165, 1.54) is 32.4 Å². The summed E-state index contributed by atoms with van der Waals surface area (Å²) < 4.78 is 30.2. The van der Waals surface area contributed by atoms with Crippen molar-refractivity contribution in [3.63, 3.8) is 0 Å². The molecule has 0 aliphatic rings. The lowest BCUT2D eigenvalue weighted by Crippen LogP contribution is -2.13. The number of ketones is 1. The Hall–Kier alpha value is -4.13. The van der Waals surface area contributed by atoms with Gasteiger partial charge in [0.05, 0.1) is 19.8 Å². The molecule has 0 fully saturated rings. The highest BCUT2D eigenvalue weighted by atomic mass is 19.1. The van der Waals surface area contributed by atoms with Crippen LogP contribution in [0.4, 0.5) is 10.1 Å². The van der Waals surface area contributed by atoms with E-state index in [4.69, 9.17) is 13.9 Å². The Morgan fingerprint density at radius 2 is 1.69 bits per heavy atom. The molecule has 0 bridgehead atoms. The molecule has 0 radical (unpaired) electrons. The van der Waals surface area contributed by atoms with Gasteiger partial charge in [-0.05, 0) is 49.4 Å². The molecule has 7 heteroatoms. The summed E-state index contributed by atoms with van der Waals surface area (Å²) in [6.07, 6.45) is 0. The van der Waals surface area contributed by atoms with E-state index in [0.29, 0.717) is 33.9 Å². The molecule has 1 aromatic heterocycles. The van der Waals surface area contributed by atoms with Crippen LogP contribution >= 0.6 is 0 Å². The Balaban J connectivity index is 1.65. The summed E-state index contributed by atoms with van der Waals surface area (Å²) in [4.78, 5) is 25.5. The maximum absolute atomic E-state index is 13.9. The summed E-state index contributed by atoms with van der Waals surface area (Å²) >= 11 is 0. The summed E-state index contributed by atoms with van der Waals surface area (Å²) in [6, 6.07) is 15.6. The van der Waals surface area contributed by atoms with E-state index in [0.717, 1.165) is 5.39 Å². The van der Waals surface area contributed by atoms with Gasteiger partial charge in [0, 0.05) is 28.3 Å². The molecule has 0 atom stereocenters. The van der Waals surface area contributed by atoms with Crippen molar-refractivity contribution in [3.8, 4) is 11.5 Å². The SMILES string of the molecule is COc1ccc(C(=O)c2oc3cc(NC(=O)c4ccccc4F)ccc3c2C)cc1OC. The lowest BCUT2D eigenvalue weighted by Gasteiger charge is -2.08. The highest BCUT2D eigenvalue weighted by Gasteiger charge is 2.21. The second-order valence-electron chi connectivity index (χ2n) is 7.10. The van der Waals surface area contributed by atoms with Crippen LogP contribution in [0.5, 0.6) is 11.5 Å². The van der Waals surface area contributed by atoms with Gasteiger partial charge in [-0.25, -0.2) is 4.39 Å². The number of halogens is 1. The van der Waals surface area contributed by atoms with Crippen LogP contribution in [0.15, 0.2) is 65.1 Å². The van der Waals surface area contributed by atoms with E-state index in [2.05, 4.69) is 5.32 Å². The van der Waals surface area contributed by atoms with Gasteiger partial charge in [-0.2, -0.15) is 0 Å². The quantitative estimate of drug-likeness (QED) is 0.413. The van der Waals surface area contributed by atoms with E-state index in [9.17, 15) is 14.0 Å². The number of amides is 1. The van der Waals surface area contributed by atoms with E-state index < -0.39 is 11.7 Å². The highest BCUT2D eigenvalue weighted by Crippen LogP contribution is 2.32. The van der Waals surface area contributed by atoms with Crippen LogP contribution in [-0.4, -0.2) is 25.9 Å². The third-order valence-electron chi connectivity index (χ3n) is 5.17. The third kappa shape index (κ3) is 3.80. The van der Waals surface area contributed by atoms with Gasteiger partial charge in [0.2, 0.25) is 5.78 Å². The molecule has 1 amide bonds. The van der Waals surface area contributed by atoms with Crippen molar-refractivity contribution < 1.29 is 27.9 Å². The van der Waals surface area contributed by atoms with Gasteiger partial charge in [0.1, 0.15) is 11.4 Å². The van der Waals surface area contributed by atoms with Crippen molar-refractivity contribution in [2.75, 3.05) is 19.5 Å². The summed E-state index contributed by atoms with van der Waals surface area (Å²) in [5.74, 6) is -0.359. The smallest absolute Gasteiger partial charge is 0.258 e. The van der Waals surface area contributed by atoms with E-state index >= 15 is 0 Å². The zero-order valence-electron chi connectivity index (χ0n) is 17.7. The topological polar surface area (TPSA) is 77.8 Å². The molecule has 3 aromatic carbocycles. The number of furan rings is 1. The van der Waals surface area contributed by atoms with Gasteiger partial charge < -0.3 is 19.2 Å². The van der Waals surface area contributed by atoms with Gasteiger partial charge in [-0.3, -0.25) is 9.59 Å². The van der Waals surface area contributed by atoms with Crippen molar-refractivity contribution in [1.29, 1.82) is 0 Å². The van der Waals surface area contributed by atoms with Gasteiger partial charge in [0.25, 0.3) is 5.91 Å². The fourth-order valence-electron chi connectivity index (χ4n) is 3.47. The number of ether oxygens (including phenoxy) is 2. The first-order valence-electron chi connectivity index (χ1n) is 9.78. The Kier molecular flexibility index (Phi) is 5.64. The van der Waals surface area contributed by atoms with Gasteiger partial charge >= 0.3 is 0 Å². The minimum Gasteiger partial charge on any atom is -0.493 e. The highest BCUT2D eigenvalue weighted by molar-refractivity contribution is 6.11. The number of carbonyl (C=O) groups is 2. The molecule has 1 N–H and O–H groups in total. The second-order valence-corrected chi connectivity index (χ2v) is 7.10. The van der Waals surface area contributed by atoms with Crippen LogP contribution in [0.2, 0.25) is 0 Å². The van der Waals surface area contributed by atoms with Gasteiger partial charge in [-0.1, -0.05) is 12.1 Å². The third-order valence-corrected chi connectivity index (χ3v) is 5.17. The van der Waals surface area contributed by atoms with Crippen LogP contribution in [0.25, 0.3) is 11.0 Å². The Morgan fingerprint density at radius 1 is 0.938 bits per heavy atom. The summed E-state index contributed by atoms with van der Waals surface area (Å²) in [5.41, 5.74) is 1.85. The zero-order valence-corrected chi connectivity index (χ0v) is 17.7. The molecule has 4 aromatic rings. The number of methoxy groups -OCH3 is 2. The standard InChI is InChI=1S/C25H20FNO5/c1-14-17-10-9-16(27-25(29)18-6-4-5-7-19(18)26)13-21(17)32-24(14)23(28)15-8-11-20(30-2)22(12-15)31-3/h4-13H,1-3H3,(H,27,29). The van der Waals surface area contributed by atoms with E-state index in [1.54, 1.807) is 49.4 Å². The first kappa shape index (κ1) is 21.1. The molecule has 0 unspecified atom stereocenters. The molecule has 0 spiro atoms. The van der Waals surface area contributed by atoms with Crippen molar-refractivity contribution in [1.82, 2.24) is 0 Å². The molecular formula is C25H20FNO5.